The predicted octanol–water partition coefficient (Wildman–Crippen LogP) is 3.33. The Balaban J connectivity index is 1.58. The first-order valence-corrected chi connectivity index (χ1v) is 11.1. The van der Waals surface area contributed by atoms with Gasteiger partial charge in [-0.1, -0.05) is 6.07 Å². The van der Waals surface area contributed by atoms with Crippen LogP contribution in [0.2, 0.25) is 0 Å². The van der Waals surface area contributed by atoms with E-state index < -0.39 is 12.0 Å². The number of rotatable bonds is 10. The number of anilines is 1. The van der Waals surface area contributed by atoms with Crippen molar-refractivity contribution in [2.24, 2.45) is 0 Å². The van der Waals surface area contributed by atoms with E-state index >= 15 is 0 Å². The van der Waals surface area contributed by atoms with Gasteiger partial charge in [-0.25, -0.2) is 9.97 Å². The number of carbonyl (C=O) groups excluding carboxylic acids is 1. The summed E-state index contributed by atoms with van der Waals surface area (Å²) in [5.41, 5.74) is 10.4. The number of fused-ring (bicyclic) bond motifs is 1. The zero-order valence-corrected chi connectivity index (χ0v) is 18.8. The van der Waals surface area contributed by atoms with Crippen LogP contribution >= 0.6 is 0 Å². The molecular weight excluding hydrogens is 408 g/mol. The molecule has 1 atom stereocenters. The fraction of sp³-hybridized carbons (Fsp3) is 0.500. The lowest BCUT2D eigenvalue weighted by molar-refractivity contribution is -0.140. The number of carbonyl (C=O) groups is 2. The maximum atomic E-state index is 12.8. The fourth-order valence-electron chi connectivity index (χ4n) is 4.33. The van der Waals surface area contributed by atoms with Gasteiger partial charge in [0.15, 0.2) is 0 Å². The van der Waals surface area contributed by atoms with Gasteiger partial charge in [-0.15, -0.1) is 0 Å². The lowest BCUT2D eigenvalue weighted by atomic mass is 9.89. The number of aliphatic carboxylic acids is 1. The molecule has 0 spiro atoms. The number of nitrogens with two attached hydrogens (primary N) is 1. The van der Waals surface area contributed by atoms with Gasteiger partial charge in [-0.3, -0.25) is 9.59 Å². The Morgan fingerprint density at radius 2 is 2.03 bits per heavy atom. The minimum absolute atomic E-state index is 0.0883. The number of pyridine rings is 2. The minimum atomic E-state index is -0.969. The highest BCUT2D eigenvalue weighted by Crippen LogP contribution is 2.27. The van der Waals surface area contributed by atoms with Gasteiger partial charge in [0.1, 0.15) is 5.82 Å². The molecule has 3 rings (SSSR count). The Labute approximate surface area is 188 Å². The van der Waals surface area contributed by atoms with E-state index in [4.69, 9.17) is 10.5 Å². The summed E-state index contributed by atoms with van der Waals surface area (Å²) in [7, 11) is 3.16. The minimum Gasteiger partial charge on any atom is -0.481 e. The molecule has 0 bridgehead atoms. The Bertz CT molecular complexity index is 946. The molecule has 8 heteroatoms. The van der Waals surface area contributed by atoms with E-state index in [0.29, 0.717) is 30.1 Å². The van der Waals surface area contributed by atoms with Crippen LogP contribution in [-0.4, -0.2) is 46.0 Å². The van der Waals surface area contributed by atoms with E-state index in [-0.39, 0.29) is 12.3 Å². The standard InChI is InChI=1S/C24H32N4O4/c1-28(20(14-24(30)31)17-11-12-22(32-2)26-15-17)23(29)10-6-5-9-19-18-8-4-3-7-16(18)13-21(25)27-19/h11-13,15,20H,3-10,14H2,1-2H3,(H2,25,27)(H,30,31). The van der Waals surface area contributed by atoms with Gasteiger partial charge in [0.05, 0.1) is 19.6 Å². The van der Waals surface area contributed by atoms with Gasteiger partial charge in [-0.05, 0) is 67.7 Å². The second kappa shape index (κ2) is 10.9. The Morgan fingerprint density at radius 1 is 1.25 bits per heavy atom. The van der Waals surface area contributed by atoms with Gasteiger partial charge in [0.25, 0.3) is 0 Å². The highest BCUT2D eigenvalue weighted by Gasteiger charge is 2.24. The van der Waals surface area contributed by atoms with Crippen molar-refractivity contribution in [3.8, 4) is 5.88 Å². The van der Waals surface area contributed by atoms with E-state index in [1.807, 2.05) is 6.07 Å². The quantitative estimate of drug-likeness (QED) is 0.544. The van der Waals surface area contributed by atoms with Crippen molar-refractivity contribution in [1.29, 1.82) is 0 Å². The van der Waals surface area contributed by atoms with Crippen LogP contribution in [-0.2, 0) is 28.9 Å². The summed E-state index contributed by atoms with van der Waals surface area (Å²) in [5.74, 6) is -0.0483. The number of aromatic nitrogens is 2. The van der Waals surface area contributed by atoms with E-state index in [1.54, 1.807) is 25.4 Å². The summed E-state index contributed by atoms with van der Waals surface area (Å²) in [6, 6.07) is 4.83. The maximum Gasteiger partial charge on any atom is 0.305 e. The van der Waals surface area contributed by atoms with Crippen LogP contribution in [0.4, 0.5) is 5.82 Å². The third kappa shape index (κ3) is 5.96. The summed E-state index contributed by atoms with van der Waals surface area (Å²) in [6.45, 7) is 0. The van der Waals surface area contributed by atoms with Gasteiger partial charge >= 0.3 is 5.97 Å². The largest absolute Gasteiger partial charge is 0.481 e. The number of hydrogen-bond donors (Lipinski definition) is 2. The van der Waals surface area contributed by atoms with E-state index in [0.717, 1.165) is 31.4 Å². The lowest BCUT2D eigenvalue weighted by Crippen LogP contribution is -2.32. The van der Waals surface area contributed by atoms with E-state index in [9.17, 15) is 14.7 Å². The van der Waals surface area contributed by atoms with Crippen molar-refractivity contribution in [1.82, 2.24) is 14.9 Å². The summed E-state index contributed by atoms with van der Waals surface area (Å²) < 4.78 is 5.06. The molecule has 0 saturated heterocycles. The average molecular weight is 441 g/mol. The first-order valence-electron chi connectivity index (χ1n) is 11.1. The van der Waals surface area contributed by atoms with Crippen LogP contribution < -0.4 is 10.5 Å². The molecule has 172 valence electrons. The molecule has 0 aromatic carbocycles. The number of aryl methyl sites for hydroxylation is 2. The molecule has 2 aromatic rings. The van der Waals surface area contributed by atoms with Crippen LogP contribution in [0.5, 0.6) is 5.88 Å². The van der Waals surface area contributed by atoms with Crippen molar-refractivity contribution in [3.05, 3.63) is 46.8 Å². The van der Waals surface area contributed by atoms with Gasteiger partial charge in [0.2, 0.25) is 11.8 Å². The highest BCUT2D eigenvalue weighted by molar-refractivity contribution is 5.77. The summed E-state index contributed by atoms with van der Waals surface area (Å²) >= 11 is 0. The van der Waals surface area contributed by atoms with Crippen LogP contribution in [0, 0.1) is 0 Å². The molecule has 0 saturated carbocycles. The van der Waals surface area contributed by atoms with Crippen molar-refractivity contribution in [2.75, 3.05) is 19.9 Å². The van der Waals surface area contributed by atoms with Crippen molar-refractivity contribution < 1.29 is 19.4 Å². The molecule has 2 aromatic heterocycles. The molecule has 0 aliphatic heterocycles. The summed E-state index contributed by atoms with van der Waals surface area (Å²) in [6.07, 6.45) is 8.53. The molecule has 8 nitrogen and oxygen atoms in total. The van der Waals surface area contributed by atoms with Gasteiger partial charge in [0, 0.05) is 31.4 Å². The van der Waals surface area contributed by atoms with E-state index in [2.05, 4.69) is 9.97 Å². The Hall–Kier alpha value is -3.16. The number of ether oxygens (including phenoxy) is 1. The lowest BCUT2D eigenvalue weighted by Gasteiger charge is -2.27. The number of methoxy groups -OCH3 is 1. The van der Waals surface area contributed by atoms with Crippen molar-refractivity contribution in [2.45, 2.75) is 63.8 Å². The Kier molecular flexibility index (Phi) is 8.03. The molecule has 1 unspecified atom stereocenters. The molecule has 0 radical (unpaired) electrons. The molecule has 1 aliphatic carbocycles. The third-order valence-electron chi connectivity index (χ3n) is 6.08. The van der Waals surface area contributed by atoms with Crippen LogP contribution in [0.3, 0.4) is 0 Å². The number of hydrogen-bond acceptors (Lipinski definition) is 6. The normalized spacial score (nSPS) is 13.8. The molecule has 2 heterocycles. The summed E-state index contributed by atoms with van der Waals surface area (Å²) in [5, 5.41) is 9.34. The maximum absolute atomic E-state index is 12.8. The Morgan fingerprint density at radius 3 is 2.72 bits per heavy atom. The average Bonchev–Trinajstić information content (AvgIpc) is 2.79. The van der Waals surface area contributed by atoms with Gasteiger partial charge in [-0.2, -0.15) is 0 Å². The smallest absolute Gasteiger partial charge is 0.305 e. The number of carboxylic acids is 1. The summed E-state index contributed by atoms with van der Waals surface area (Å²) in [4.78, 5) is 34.4. The SMILES string of the molecule is COc1ccc(C(CC(=O)O)N(C)C(=O)CCCCc2nc(N)cc3c2CCCC3)cn1. The first-order chi connectivity index (χ1) is 15.4. The van der Waals surface area contributed by atoms with Crippen molar-refractivity contribution >= 4 is 17.7 Å². The topological polar surface area (TPSA) is 119 Å². The molecule has 32 heavy (non-hydrogen) atoms. The number of unbranched alkanes of at least 4 members (excludes halogenated alkanes) is 1. The highest BCUT2D eigenvalue weighted by atomic mass is 16.5. The number of amides is 1. The van der Waals surface area contributed by atoms with Crippen LogP contribution in [0.25, 0.3) is 0 Å². The molecule has 1 amide bonds. The third-order valence-corrected chi connectivity index (χ3v) is 6.08. The first kappa shape index (κ1) is 23.5. The van der Waals surface area contributed by atoms with Crippen LogP contribution in [0.15, 0.2) is 24.4 Å². The predicted molar refractivity (Wildman–Crippen MR) is 121 cm³/mol. The van der Waals surface area contributed by atoms with Crippen molar-refractivity contribution in [3.63, 3.8) is 0 Å². The number of carboxylic acid groups (broad SMARTS) is 1. The molecule has 0 fully saturated rings. The second-order valence-electron chi connectivity index (χ2n) is 8.30. The molecule has 1 aliphatic rings. The van der Waals surface area contributed by atoms with Crippen LogP contribution in [0.1, 0.15) is 67.0 Å². The number of nitrogens with zero attached hydrogens (tertiary/aromatic N) is 3. The zero-order chi connectivity index (χ0) is 23.1. The molecular formula is C24H32N4O4. The molecule has 3 N–H and O–H groups in total. The fourth-order valence-corrected chi connectivity index (χ4v) is 4.33. The number of nitrogen functional groups attached to an aromatic ring is 1. The monoisotopic (exact) mass is 440 g/mol. The zero-order valence-electron chi connectivity index (χ0n) is 18.8. The van der Waals surface area contributed by atoms with E-state index in [1.165, 1.54) is 36.0 Å². The second-order valence-corrected chi connectivity index (χ2v) is 8.30. The van der Waals surface area contributed by atoms with Gasteiger partial charge < -0.3 is 20.5 Å².